The lowest BCUT2D eigenvalue weighted by atomic mass is 10.1. The van der Waals surface area contributed by atoms with Crippen LogP contribution in [0.15, 0.2) is 42.5 Å². The predicted octanol–water partition coefficient (Wildman–Crippen LogP) is 2.52. The lowest BCUT2D eigenvalue weighted by Gasteiger charge is -2.07. The third-order valence-electron chi connectivity index (χ3n) is 3.09. The molecule has 110 valence electrons. The van der Waals surface area contributed by atoms with Crippen LogP contribution in [0.3, 0.4) is 0 Å². The minimum Gasteiger partial charge on any atom is -0.392 e. The Kier molecular flexibility index (Phi) is 4.97. The molecule has 2 N–H and O–H groups in total. The third kappa shape index (κ3) is 4.08. The highest BCUT2D eigenvalue weighted by Gasteiger charge is 2.13. The normalized spacial score (nSPS) is 10.6. The summed E-state index contributed by atoms with van der Waals surface area (Å²) in [5.41, 5.74) is 2.01. The van der Waals surface area contributed by atoms with Gasteiger partial charge in [-0.3, -0.25) is 10.1 Å². The van der Waals surface area contributed by atoms with Gasteiger partial charge in [-0.25, -0.2) is 4.39 Å². The molecule has 0 heterocycles. The zero-order valence-corrected chi connectivity index (χ0v) is 11.3. The van der Waals surface area contributed by atoms with Crippen molar-refractivity contribution >= 4 is 5.69 Å². The molecule has 0 saturated carbocycles. The zero-order valence-electron chi connectivity index (χ0n) is 11.3. The fourth-order valence-corrected chi connectivity index (χ4v) is 1.98. The van der Waals surface area contributed by atoms with E-state index < -0.39 is 10.7 Å². The van der Waals surface area contributed by atoms with Gasteiger partial charge in [0.15, 0.2) is 0 Å². The Morgan fingerprint density at radius 1 is 1.10 bits per heavy atom. The van der Waals surface area contributed by atoms with Crippen LogP contribution in [0.4, 0.5) is 10.1 Å². The quantitative estimate of drug-likeness (QED) is 0.633. The Morgan fingerprint density at radius 3 is 2.38 bits per heavy atom. The molecule has 0 atom stereocenters. The number of hydrogen-bond acceptors (Lipinski definition) is 4. The van der Waals surface area contributed by atoms with E-state index in [4.69, 9.17) is 5.11 Å². The van der Waals surface area contributed by atoms with E-state index in [0.717, 1.165) is 17.2 Å². The fourth-order valence-electron chi connectivity index (χ4n) is 1.98. The standard InChI is InChI=1S/C15H15FN2O3/c16-14-5-6-15(18(20)21)13(7-14)9-17-8-11-1-3-12(10-19)4-2-11/h1-7,17,19H,8-10H2. The maximum Gasteiger partial charge on any atom is 0.274 e. The molecule has 5 nitrogen and oxygen atoms in total. The molecule has 0 aliphatic carbocycles. The van der Waals surface area contributed by atoms with E-state index in [1.165, 1.54) is 12.1 Å². The van der Waals surface area contributed by atoms with Crippen LogP contribution in [0.25, 0.3) is 0 Å². The summed E-state index contributed by atoms with van der Waals surface area (Å²) in [6.07, 6.45) is 0. The summed E-state index contributed by atoms with van der Waals surface area (Å²) >= 11 is 0. The maximum absolute atomic E-state index is 13.2. The predicted molar refractivity (Wildman–Crippen MR) is 76.0 cm³/mol. The van der Waals surface area contributed by atoms with E-state index in [0.29, 0.717) is 12.1 Å². The van der Waals surface area contributed by atoms with Gasteiger partial charge in [0.25, 0.3) is 5.69 Å². The summed E-state index contributed by atoms with van der Waals surface area (Å²) in [7, 11) is 0. The molecule has 2 rings (SSSR count). The van der Waals surface area contributed by atoms with Crippen molar-refractivity contribution < 1.29 is 14.4 Å². The molecule has 21 heavy (non-hydrogen) atoms. The minimum atomic E-state index is -0.521. The average Bonchev–Trinajstić information content (AvgIpc) is 2.48. The number of nitro groups is 1. The Balaban J connectivity index is 1.99. The molecule has 0 bridgehead atoms. The summed E-state index contributed by atoms with van der Waals surface area (Å²) in [6, 6.07) is 10.7. The van der Waals surface area contributed by atoms with Crippen molar-refractivity contribution in [1.29, 1.82) is 0 Å². The second-order valence-electron chi connectivity index (χ2n) is 4.61. The van der Waals surface area contributed by atoms with Gasteiger partial charge < -0.3 is 10.4 Å². The number of halogens is 1. The van der Waals surface area contributed by atoms with Gasteiger partial charge >= 0.3 is 0 Å². The van der Waals surface area contributed by atoms with Crippen LogP contribution >= 0.6 is 0 Å². The third-order valence-corrected chi connectivity index (χ3v) is 3.09. The summed E-state index contributed by atoms with van der Waals surface area (Å²) in [5, 5.41) is 22.9. The molecule has 6 heteroatoms. The van der Waals surface area contributed by atoms with Crippen LogP contribution in [0.2, 0.25) is 0 Å². The number of nitrogens with one attached hydrogen (secondary N) is 1. The SMILES string of the molecule is O=[N+]([O-])c1ccc(F)cc1CNCc1ccc(CO)cc1. The number of aliphatic hydroxyl groups is 1. The highest BCUT2D eigenvalue weighted by atomic mass is 19.1. The smallest absolute Gasteiger partial charge is 0.274 e. The molecule has 0 aliphatic heterocycles. The van der Waals surface area contributed by atoms with Crippen LogP contribution in [0, 0.1) is 15.9 Å². The maximum atomic E-state index is 13.2. The van der Waals surface area contributed by atoms with Crippen molar-refractivity contribution in [3.8, 4) is 0 Å². The molecule has 0 aliphatic rings. The van der Waals surface area contributed by atoms with Crippen LogP contribution < -0.4 is 5.32 Å². The summed E-state index contributed by atoms with van der Waals surface area (Å²) in [6.45, 7) is 0.693. The Bertz CT molecular complexity index is 629. The van der Waals surface area contributed by atoms with E-state index in [1.807, 2.05) is 24.3 Å². The van der Waals surface area contributed by atoms with E-state index in [9.17, 15) is 14.5 Å². The van der Waals surface area contributed by atoms with Gasteiger partial charge in [-0.05, 0) is 23.3 Å². The van der Waals surface area contributed by atoms with Crippen LogP contribution in [-0.4, -0.2) is 10.0 Å². The van der Waals surface area contributed by atoms with Gasteiger partial charge in [0.05, 0.1) is 11.5 Å². The van der Waals surface area contributed by atoms with Crippen LogP contribution in [-0.2, 0) is 19.7 Å². The molecule has 0 radical (unpaired) electrons. The van der Waals surface area contributed by atoms with Crippen LogP contribution in [0.1, 0.15) is 16.7 Å². The molecule has 0 unspecified atom stereocenters. The van der Waals surface area contributed by atoms with Gasteiger partial charge in [0, 0.05) is 24.7 Å². The first-order valence-electron chi connectivity index (χ1n) is 6.42. The molecule has 0 amide bonds. The fraction of sp³-hybridized carbons (Fsp3) is 0.200. The zero-order chi connectivity index (χ0) is 15.2. The molecule has 0 aromatic heterocycles. The monoisotopic (exact) mass is 290 g/mol. The second-order valence-corrected chi connectivity index (χ2v) is 4.61. The van der Waals surface area contributed by atoms with Crippen molar-refractivity contribution in [3.63, 3.8) is 0 Å². The number of hydrogen-bond donors (Lipinski definition) is 2. The lowest BCUT2D eigenvalue weighted by Crippen LogP contribution is -2.14. The number of nitro benzene ring substituents is 1. The van der Waals surface area contributed by atoms with Gasteiger partial charge in [-0.2, -0.15) is 0 Å². The summed E-state index contributed by atoms with van der Waals surface area (Å²) in [4.78, 5) is 10.3. The minimum absolute atomic E-state index is 0.0107. The average molecular weight is 290 g/mol. The van der Waals surface area contributed by atoms with E-state index in [-0.39, 0.29) is 18.8 Å². The lowest BCUT2D eigenvalue weighted by molar-refractivity contribution is -0.385. The topological polar surface area (TPSA) is 75.4 Å². The molecule has 2 aromatic rings. The second kappa shape index (κ2) is 6.92. The number of benzene rings is 2. The van der Waals surface area contributed by atoms with Crippen molar-refractivity contribution in [2.24, 2.45) is 0 Å². The molecule has 2 aromatic carbocycles. The van der Waals surface area contributed by atoms with Crippen LogP contribution in [0.5, 0.6) is 0 Å². The molecule has 0 fully saturated rings. The Morgan fingerprint density at radius 2 is 1.76 bits per heavy atom. The first kappa shape index (κ1) is 15.1. The Hall–Kier alpha value is -2.31. The summed E-state index contributed by atoms with van der Waals surface area (Å²) < 4.78 is 13.2. The van der Waals surface area contributed by atoms with Crippen molar-refractivity contribution in [2.45, 2.75) is 19.7 Å². The van der Waals surface area contributed by atoms with E-state index >= 15 is 0 Å². The van der Waals surface area contributed by atoms with Gasteiger partial charge in [0.2, 0.25) is 0 Å². The molecular formula is C15H15FN2O3. The highest BCUT2D eigenvalue weighted by molar-refractivity contribution is 5.40. The number of nitrogens with zero attached hydrogens (tertiary/aromatic N) is 1. The molecule has 0 saturated heterocycles. The van der Waals surface area contributed by atoms with E-state index in [1.54, 1.807) is 0 Å². The number of aliphatic hydroxyl groups excluding tert-OH is 1. The van der Waals surface area contributed by atoms with Gasteiger partial charge in [-0.1, -0.05) is 24.3 Å². The van der Waals surface area contributed by atoms with Gasteiger partial charge in [0.1, 0.15) is 5.82 Å². The van der Waals surface area contributed by atoms with Crippen molar-refractivity contribution in [3.05, 3.63) is 75.1 Å². The largest absolute Gasteiger partial charge is 0.392 e. The highest BCUT2D eigenvalue weighted by Crippen LogP contribution is 2.19. The number of rotatable bonds is 6. The Labute approximate surface area is 121 Å². The molecular weight excluding hydrogens is 275 g/mol. The van der Waals surface area contributed by atoms with Gasteiger partial charge in [-0.15, -0.1) is 0 Å². The molecule has 0 spiro atoms. The summed E-state index contributed by atoms with van der Waals surface area (Å²) in [5.74, 6) is -0.496. The van der Waals surface area contributed by atoms with Crippen molar-refractivity contribution in [2.75, 3.05) is 0 Å². The first-order chi connectivity index (χ1) is 10.1. The van der Waals surface area contributed by atoms with Crippen molar-refractivity contribution in [1.82, 2.24) is 5.32 Å². The first-order valence-corrected chi connectivity index (χ1v) is 6.42. The van der Waals surface area contributed by atoms with E-state index in [2.05, 4.69) is 5.32 Å².